The molecule has 1 N–H and O–H groups in total. The number of carbonyl (C=O) groups excluding carboxylic acids is 5. The number of hydrogen-bond donors (Lipinski definition) is 1. The average molecular weight is 358 g/mol. The molecule has 0 saturated carbocycles. The van der Waals surface area contributed by atoms with Crippen molar-refractivity contribution >= 4 is 29.8 Å². The second-order valence-corrected chi connectivity index (χ2v) is 6.44. The maximum atomic E-state index is 11.9. The maximum absolute atomic E-state index is 11.9. The summed E-state index contributed by atoms with van der Waals surface area (Å²) in [4.78, 5) is 62.6. The van der Waals surface area contributed by atoms with Crippen LogP contribution >= 0.6 is 0 Å². The van der Waals surface area contributed by atoms with Gasteiger partial charge in [0.1, 0.15) is 11.6 Å². The predicted octanol–water partition coefficient (Wildman–Crippen LogP) is 0.438. The van der Waals surface area contributed by atoms with E-state index in [4.69, 9.17) is 9.47 Å². The van der Waals surface area contributed by atoms with E-state index < -0.39 is 47.6 Å². The predicted molar refractivity (Wildman–Crippen MR) is 81.6 cm³/mol. The van der Waals surface area contributed by atoms with E-state index in [1.165, 1.54) is 13.8 Å². The molecule has 1 rings (SSSR count). The van der Waals surface area contributed by atoms with Crippen molar-refractivity contribution in [2.45, 2.75) is 65.2 Å². The number of amides is 3. The summed E-state index contributed by atoms with van der Waals surface area (Å²) in [5, 5.41) is 2.62. The fourth-order valence-electron chi connectivity index (χ4n) is 1.69. The van der Waals surface area contributed by atoms with Crippen LogP contribution in [0, 0.1) is 0 Å². The summed E-state index contributed by atoms with van der Waals surface area (Å²) in [5.41, 5.74) is -0.736. The molecule has 1 saturated heterocycles. The summed E-state index contributed by atoms with van der Waals surface area (Å²) in [7, 11) is 0. The van der Waals surface area contributed by atoms with Crippen LogP contribution in [0.4, 0.5) is 4.79 Å². The highest BCUT2D eigenvalue weighted by Crippen LogP contribution is 2.13. The number of hydrogen-bond acceptors (Lipinski definition) is 8. The lowest BCUT2D eigenvalue weighted by Crippen LogP contribution is -2.44. The zero-order chi connectivity index (χ0) is 19.4. The Hall–Kier alpha value is -2.65. The van der Waals surface area contributed by atoms with Crippen LogP contribution < -0.4 is 5.32 Å². The van der Waals surface area contributed by atoms with Gasteiger partial charge in [-0.05, 0) is 34.6 Å². The van der Waals surface area contributed by atoms with Gasteiger partial charge in [-0.2, -0.15) is 0 Å². The van der Waals surface area contributed by atoms with Crippen LogP contribution in [0.15, 0.2) is 0 Å². The molecule has 2 atom stereocenters. The van der Waals surface area contributed by atoms with Crippen LogP contribution in [-0.4, -0.2) is 52.7 Å². The highest BCUT2D eigenvalue weighted by Gasteiger charge is 2.35. The van der Waals surface area contributed by atoms with E-state index in [0.29, 0.717) is 5.06 Å². The first-order chi connectivity index (χ1) is 11.4. The summed E-state index contributed by atoms with van der Waals surface area (Å²) in [6, 6.07) is -1.08. The summed E-state index contributed by atoms with van der Waals surface area (Å²) >= 11 is 0. The first-order valence-corrected chi connectivity index (χ1v) is 7.68. The third-order valence-electron chi connectivity index (χ3n) is 2.90. The zero-order valence-electron chi connectivity index (χ0n) is 14.8. The van der Waals surface area contributed by atoms with Crippen LogP contribution in [-0.2, 0) is 33.5 Å². The minimum atomic E-state index is -1.38. The first-order valence-electron chi connectivity index (χ1n) is 7.68. The summed E-state index contributed by atoms with van der Waals surface area (Å²) in [5.74, 6) is -3.27. The third-order valence-corrected chi connectivity index (χ3v) is 2.90. The molecule has 0 aromatic carbocycles. The van der Waals surface area contributed by atoms with Crippen LogP contribution in [0.5, 0.6) is 0 Å². The van der Waals surface area contributed by atoms with Crippen molar-refractivity contribution in [2.75, 3.05) is 0 Å². The van der Waals surface area contributed by atoms with Crippen molar-refractivity contribution in [3.8, 4) is 0 Å². The smallest absolute Gasteiger partial charge is 0.408 e. The molecule has 0 aromatic rings. The highest BCUT2D eigenvalue weighted by atomic mass is 16.7. The standard InChI is InChI=1S/C15H22N2O8/c1-8(16-14(22)24-15(3,4)5)12(20)23-9(2)13(21)25-17-10(18)6-7-11(17)19/h8-9H,6-7H2,1-5H3,(H,16,22)/t8-,9?/m0/s1. The van der Waals surface area contributed by atoms with E-state index in [1.54, 1.807) is 20.8 Å². The molecule has 10 nitrogen and oxygen atoms in total. The normalized spacial score (nSPS) is 16.9. The zero-order valence-corrected chi connectivity index (χ0v) is 14.8. The molecule has 1 aliphatic heterocycles. The van der Waals surface area contributed by atoms with E-state index >= 15 is 0 Å². The molecular formula is C15H22N2O8. The number of imide groups is 1. The van der Waals surface area contributed by atoms with Crippen molar-refractivity contribution in [3.05, 3.63) is 0 Å². The van der Waals surface area contributed by atoms with Gasteiger partial charge in [0.15, 0.2) is 6.10 Å². The Morgan fingerprint density at radius 2 is 1.56 bits per heavy atom. The lowest BCUT2D eigenvalue weighted by atomic mass is 10.2. The lowest BCUT2D eigenvalue weighted by molar-refractivity contribution is -0.205. The van der Waals surface area contributed by atoms with E-state index in [2.05, 4.69) is 10.2 Å². The fourth-order valence-corrected chi connectivity index (χ4v) is 1.69. The van der Waals surface area contributed by atoms with E-state index in [9.17, 15) is 24.0 Å². The maximum Gasteiger partial charge on any atom is 0.408 e. The Morgan fingerprint density at radius 1 is 1.04 bits per heavy atom. The van der Waals surface area contributed by atoms with Crippen LogP contribution in [0.2, 0.25) is 0 Å². The first kappa shape index (κ1) is 20.4. The van der Waals surface area contributed by atoms with Gasteiger partial charge < -0.3 is 19.6 Å². The number of alkyl carbamates (subject to hydrolysis) is 1. The molecule has 0 radical (unpaired) electrons. The minimum Gasteiger partial charge on any atom is -0.449 e. The highest BCUT2D eigenvalue weighted by molar-refractivity contribution is 6.01. The van der Waals surface area contributed by atoms with Gasteiger partial charge in [0, 0.05) is 12.8 Å². The second-order valence-electron chi connectivity index (χ2n) is 6.44. The number of rotatable bonds is 5. The molecule has 0 aliphatic carbocycles. The van der Waals surface area contributed by atoms with Crippen LogP contribution in [0.3, 0.4) is 0 Å². The van der Waals surface area contributed by atoms with Gasteiger partial charge in [0.05, 0.1) is 0 Å². The largest absolute Gasteiger partial charge is 0.449 e. The van der Waals surface area contributed by atoms with Crippen molar-refractivity contribution in [1.29, 1.82) is 0 Å². The van der Waals surface area contributed by atoms with Crippen molar-refractivity contribution in [3.63, 3.8) is 0 Å². The molecule has 0 spiro atoms. The van der Waals surface area contributed by atoms with Gasteiger partial charge in [-0.25, -0.2) is 14.4 Å². The van der Waals surface area contributed by atoms with Crippen molar-refractivity contribution in [1.82, 2.24) is 10.4 Å². The molecule has 1 aliphatic rings. The van der Waals surface area contributed by atoms with Gasteiger partial charge in [0.25, 0.3) is 11.8 Å². The van der Waals surface area contributed by atoms with Gasteiger partial charge in [-0.15, -0.1) is 5.06 Å². The molecule has 10 heteroatoms. The monoisotopic (exact) mass is 358 g/mol. The number of nitrogens with zero attached hydrogens (tertiary/aromatic N) is 1. The number of hydroxylamine groups is 2. The number of esters is 1. The molecule has 3 amide bonds. The van der Waals surface area contributed by atoms with Crippen LogP contribution in [0.1, 0.15) is 47.5 Å². The Bertz CT molecular complexity index is 565. The number of nitrogens with one attached hydrogen (secondary N) is 1. The molecule has 1 fully saturated rings. The molecule has 140 valence electrons. The van der Waals surface area contributed by atoms with Gasteiger partial charge in [0.2, 0.25) is 0 Å². The molecule has 0 bridgehead atoms. The summed E-state index contributed by atoms with van der Waals surface area (Å²) in [6.07, 6.45) is -2.29. The third kappa shape index (κ3) is 6.40. The van der Waals surface area contributed by atoms with Gasteiger partial charge in [-0.1, -0.05) is 0 Å². The Kier molecular flexibility index (Phi) is 6.49. The van der Waals surface area contributed by atoms with E-state index in [1.807, 2.05) is 0 Å². The van der Waals surface area contributed by atoms with Gasteiger partial charge in [-0.3, -0.25) is 9.59 Å². The fraction of sp³-hybridized carbons (Fsp3) is 0.667. The minimum absolute atomic E-state index is 0.0445. The van der Waals surface area contributed by atoms with Crippen molar-refractivity contribution in [2.24, 2.45) is 0 Å². The van der Waals surface area contributed by atoms with Gasteiger partial charge >= 0.3 is 18.0 Å². The molecule has 1 heterocycles. The Morgan fingerprint density at radius 3 is 2.04 bits per heavy atom. The molecule has 25 heavy (non-hydrogen) atoms. The quantitative estimate of drug-likeness (QED) is 0.554. The van der Waals surface area contributed by atoms with Crippen molar-refractivity contribution < 1.29 is 38.3 Å². The summed E-state index contributed by atoms with van der Waals surface area (Å²) < 4.78 is 9.84. The lowest BCUT2D eigenvalue weighted by Gasteiger charge is -2.22. The average Bonchev–Trinajstić information content (AvgIpc) is 2.76. The number of ether oxygens (including phenoxy) is 2. The van der Waals surface area contributed by atoms with E-state index in [0.717, 1.165) is 0 Å². The van der Waals surface area contributed by atoms with E-state index in [-0.39, 0.29) is 12.8 Å². The Balaban J connectivity index is 2.49. The van der Waals surface area contributed by atoms with Crippen LogP contribution in [0.25, 0.3) is 0 Å². The number of carbonyl (C=O) groups is 5. The molecule has 1 unspecified atom stereocenters. The SMILES string of the molecule is CC(OC(=O)[C@H](C)NC(=O)OC(C)(C)C)C(=O)ON1C(=O)CCC1=O. The topological polar surface area (TPSA) is 128 Å². The molecular weight excluding hydrogens is 336 g/mol. The second kappa shape index (κ2) is 7.95. The summed E-state index contributed by atoms with van der Waals surface area (Å²) in [6.45, 7) is 7.54. The Labute approximate surface area is 144 Å². The molecule has 0 aromatic heterocycles.